The fourth-order valence-electron chi connectivity index (χ4n) is 2.90. The Morgan fingerprint density at radius 1 is 1.43 bits per heavy atom. The number of halogens is 2. The van der Waals surface area contributed by atoms with Crippen molar-refractivity contribution in [3.8, 4) is 0 Å². The highest BCUT2D eigenvalue weighted by Gasteiger charge is 2.40. The van der Waals surface area contributed by atoms with Gasteiger partial charge in [0, 0.05) is 5.92 Å². The molecule has 0 amide bonds. The van der Waals surface area contributed by atoms with E-state index in [0.717, 1.165) is 6.07 Å². The largest absolute Gasteiger partial charge is 0.462 e. The van der Waals surface area contributed by atoms with Crippen molar-refractivity contribution in [3.05, 3.63) is 35.1 Å². The van der Waals surface area contributed by atoms with Crippen LogP contribution in [-0.2, 0) is 4.74 Å². The first-order valence-corrected chi connectivity index (χ1v) is 7.20. The van der Waals surface area contributed by atoms with E-state index in [1.807, 2.05) is 0 Å². The van der Waals surface area contributed by atoms with Gasteiger partial charge in [0.2, 0.25) is 0 Å². The minimum atomic E-state index is -1.49. The number of carbonyl (C=O) groups excluding carboxylic acids is 1. The van der Waals surface area contributed by atoms with Gasteiger partial charge in [0.15, 0.2) is 0 Å². The molecule has 1 aliphatic heterocycles. The van der Waals surface area contributed by atoms with E-state index in [1.54, 1.807) is 13.0 Å². The first-order chi connectivity index (χ1) is 9.82. The number of ether oxygens (including phenoxy) is 1. The van der Waals surface area contributed by atoms with Gasteiger partial charge in [-0.05, 0) is 63.5 Å². The Kier molecular flexibility index (Phi) is 4.61. The van der Waals surface area contributed by atoms with Gasteiger partial charge < -0.3 is 10.1 Å². The van der Waals surface area contributed by atoms with Gasteiger partial charge in [-0.15, -0.1) is 0 Å². The molecule has 1 aromatic carbocycles. The van der Waals surface area contributed by atoms with E-state index in [9.17, 15) is 13.6 Å². The molecular formula is C16H21F2NO2. The van der Waals surface area contributed by atoms with Crippen LogP contribution in [-0.4, -0.2) is 31.3 Å². The maximum Gasteiger partial charge on any atom is 0.338 e. The van der Waals surface area contributed by atoms with Crippen LogP contribution in [0.2, 0.25) is 0 Å². The lowest BCUT2D eigenvalue weighted by atomic mass is 9.73. The molecule has 0 bridgehead atoms. The number of nitrogens with one attached hydrogen (secondary N) is 1. The number of hydrogen-bond acceptors (Lipinski definition) is 3. The van der Waals surface area contributed by atoms with Crippen LogP contribution in [0.15, 0.2) is 18.2 Å². The third-order valence-electron chi connectivity index (χ3n) is 3.81. The van der Waals surface area contributed by atoms with Crippen molar-refractivity contribution >= 4 is 5.97 Å². The fraction of sp³-hybridized carbons (Fsp3) is 0.562. The normalized spacial score (nSPS) is 17.2. The predicted octanol–water partition coefficient (Wildman–Crippen LogP) is 3.05. The molecule has 0 aliphatic carbocycles. The summed E-state index contributed by atoms with van der Waals surface area (Å²) >= 11 is 0. The van der Waals surface area contributed by atoms with Gasteiger partial charge in [-0.3, -0.25) is 0 Å². The number of benzene rings is 1. The summed E-state index contributed by atoms with van der Waals surface area (Å²) in [4.78, 5) is 11.8. The summed E-state index contributed by atoms with van der Waals surface area (Å²) in [5.74, 6) is -1.48. The van der Waals surface area contributed by atoms with Crippen LogP contribution in [0.25, 0.3) is 0 Å². The Balaban J connectivity index is 2.38. The van der Waals surface area contributed by atoms with Gasteiger partial charge in [-0.1, -0.05) is 0 Å². The molecule has 3 nitrogen and oxygen atoms in total. The first-order valence-electron chi connectivity index (χ1n) is 7.20. The zero-order chi connectivity index (χ0) is 15.6. The summed E-state index contributed by atoms with van der Waals surface area (Å²) in [5.41, 5.74) is -0.850. The molecule has 1 atom stereocenters. The van der Waals surface area contributed by atoms with Crippen LogP contribution in [0.4, 0.5) is 8.78 Å². The number of alkyl halides is 1. The SMILES string of the molecule is CCOC(=O)c1cc(F)cc(C(C2CNC2)C(C)(C)F)c1. The summed E-state index contributed by atoms with van der Waals surface area (Å²) in [6, 6.07) is 3.99. The monoisotopic (exact) mass is 297 g/mol. The zero-order valence-corrected chi connectivity index (χ0v) is 12.6. The van der Waals surface area contributed by atoms with Crippen LogP contribution in [0, 0.1) is 11.7 Å². The molecule has 1 aromatic rings. The molecule has 1 heterocycles. The minimum Gasteiger partial charge on any atom is -0.462 e. The van der Waals surface area contributed by atoms with Crippen molar-refractivity contribution in [2.45, 2.75) is 32.4 Å². The molecule has 0 aromatic heterocycles. The summed E-state index contributed by atoms with van der Waals surface area (Å²) < 4.78 is 33.3. The summed E-state index contributed by atoms with van der Waals surface area (Å²) in [5, 5.41) is 3.10. The predicted molar refractivity (Wildman–Crippen MR) is 76.6 cm³/mol. The molecule has 21 heavy (non-hydrogen) atoms. The van der Waals surface area contributed by atoms with Crippen molar-refractivity contribution in [3.63, 3.8) is 0 Å². The van der Waals surface area contributed by atoms with E-state index in [2.05, 4.69) is 5.32 Å². The highest BCUT2D eigenvalue weighted by atomic mass is 19.1. The Morgan fingerprint density at radius 2 is 2.10 bits per heavy atom. The summed E-state index contributed by atoms with van der Waals surface area (Å²) in [7, 11) is 0. The van der Waals surface area contributed by atoms with Crippen molar-refractivity contribution in [1.82, 2.24) is 5.32 Å². The average molecular weight is 297 g/mol. The van der Waals surface area contributed by atoms with E-state index >= 15 is 0 Å². The van der Waals surface area contributed by atoms with Crippen molar-refractivity contribution in [1.29, 1.82) is 0 Å². The van der Waals surface area contributed by atoms with E-state index in [4.69, 9.17) is 4.74 Å². The van der Waals surface area contributed by atoms with Crippen molar-refractivity contribution < 1.29 is 18.3 Å². The van der Waals surface area contributed by atoms with Gasteiger partial charge in [0.1, 0.15) is 11.5 Å². The van der Waals surface area contributed by atoms with Crippen LogP contribution >= 0.6 is 0 Å². The highest BCUT2D eigenvalue weighted by molar-refractivity contribution is 5.89. The van der Waals surface area contributed by atoms with Crippen LogP contribution in [0.1, 0.15) is 42.6 Å². The maximum absolute atomic E-state index is 14.6. The maximum atomic E-state index is 14.6. The Bertz CT molecular complexity index is 521. The molecule has 1 aliphatic rings. The third-order valence-corrected chi connectivity index (χ3v) is 3.81. The van der Waals surface area contributed by atoms with Crippen molar-refractivity contribution in [2.75, 3.05) is 19.7 Å². The minimum absolute atomic E-state index is 0.0989. The van der Waals surface area contributed by atoms with Crippen LogP contribution in [0.3, 0.4) is 0 Å². The molecule has 5 heteroatoms. The smallest absolute Gasteiger partial charge is 0.338 e. The molecule has 1 unspecified atom stereocenters. The van der Waals surface area contributed by atoms with E-state index < -0.39 is 23.4 Å². The first kappa shape index (κ1) is 15.9. The highest BCUT2D eigenvalue weighted by Crippen LogP contribution is 2.40. The second-order valence-corrected chi connectivity index (χ2v) is 5.95. The molecule has 1 N–H and O–H groups in total. The van der Waals surface area contributed by atoms with E-state index in [-0.39, 0.29) is 18.1 Å². The molecule has 2 rings (SSSR count). The number of esters is 1. The number of carbonyl (C=O) groups is 1. The van der Waals surface area contributed by atoms with E-state index in [1.165, 1.54) is 19.9 Å². The summed E-state index contributed by atoms with van der Waals surface area (Å²) in [6.45, 7) is 6.28. The number of rotatable bonds is 5. The summed E-state index contributed by atoms with van der Waals surface area (Å²) in [6.07, 6.45) is 0. The second kappa shape index (κ2) is 6.10. The molecule has 1 saturated heterocycles. The fourth-order valence-corrected chi connectivity index (χ4v) is 2.90. The van der Waals surface area contributed by atoms with Gasteiger partial charge in [0.05, 0.1) is 12.2 Å². The topological polar surface area (TPSA) is 38.3 Å². The second-order valence-electron chi connectivity index (χ2n) is 5.95. The van der Waals surface area contributed by atoms with Gasteiger partial charge in [-0.2, -0.15) is 0 Å². The van der Waals surface area contributed by atoms with Crippen LogP contribution < -0.4 is 5.32 Å². The number of hydrogen-bond donors (Lipinski definition) is 1. The van der Waals surface area contributed by atoms with Gasteiger partial charge >= 0.3 is 5.97 Å². The molecule has 116 valence electrons. The lowest BCUT2D eigenvalue weighted by Crippen LogP contribution is -2.49. The molecular weight excluding hydrogens is 276 g/mol. The molecule has 1 fully saturated rings. The van der Waals surface area contributed by atoms with E-state index in [0.29, 0.717) is 18.7 Å². The third kappa shape index (κ3) is 3.59. The molecule has 0 radical (unpaired) electrons. The Labute approximate surface area is 123 Å². The Morgan fingerprint density at radius 3 is 2.57 bits per heavy atom. The van der Waals surface area contributed by atoms with Gasteiger partial charge in [0.25, 0.3) is 0 Å². The quantitative estimate of drug-likeness (QED) is 0.849. The standard InChI is InChI=1S/C16H21F2NO2/c1-4-21-15(20)11-5-10(6-13(17)7-11)14(16(2,3)18)12-8-19-9-12/h5-7,12,14,19H,4,8-9H2,1-3H3. The average Bonchev–Trinajstić information content (AvgIpc) is 2.31. The molecule has 0 saturated carbocycles. The zero-order valence-electron chi connectivity index (χ0n) is 12.6. The van der Waals surface area contributed by atoms with Crippen LogP contribution in [0.5, 0.6) is 0 Å². The Hall–Kier alpha value is -1.49. The van der Waals surface area contributed by atoms with Gasteiger partial charge in [-0.25, -0.2) is 13.6 Å². The van der Waals surface area contributed by atoms with Crippen molar-refractivity contribution in [2.24, 2.45) is 5.92 Å². The molecule has 0 spiro atoms. The lowest BCUT2D eigenvalue weighted by molar-refractivity contribution is 0.0524. The lowest BCUT2D eigenvalue weighted by Gasteiger charge is -2.40.